The lowest BCUT2D eigenvalue weighted by molar-refractivity contribution is -0.124. The van der Waals surface area contributed by atoms with E-state index in [4.69, 9.17) is 10.2 Å². The molecule has 0 spiro atoms. The van der Waals surface area contributed by atoms with Crippen LogP contribution in [0.25, 0.3) is 0 Å². The standard InChI is InChI=1S/C26H28N4O3/c1-16-28-13-21(33-16)9-17-7-8-23-22(10-17)26(2,3)15-30(23)25(32)18-11-24(31)29(14-18)20-6-4-5-19(27)12-20/h4-8,10,12-13,18H,9,11,14-15,27H2,1-3H3. The molecule has 2 amide bonds. The van der Waals surface area contributed by atoms with E-state index in [1.54, 1.807) is 23.2 Å². The van der Waals surface area contributed by atoms with E-state index in [2.05, 4.69) is 24.9 Å². The van der Waals surface area contributed by atoms with Crippen molar-refractivity contribution in [2.45, 2.75) is 39.0 Å². The highest BCUT2D eigenvalue weighted by molar-refractivity contribution is 6.05. The monoisotopic (exact) mass is 444 g/mol. The normalized spacial score (nSPS) is 19.2. The summed E-state index contributed by atoms with van der Waals surface area (Å²) in [7, 11) is 0. The molecule has 0 saturated carbocycles. The number of nitrogens with zero attached hydrogens (tertiary/aromatic N) is 3. The molecule has 33 heavy (non-hydrogen) atoms. The van der Waals surface area contributed by atoms with Crippen molar-refractivity contribution in [1.82, 2.24) is 4.98 Å². The van der Waals surface area contributed by atoms with Crippen LogP contribution in [0.3, 0.4) is 0 Å². The number of hydrogen-bond acceptors (Lipinski definition) is 5. The van der Waals surface area contributed by atoms with Gasteiger partial charge in [0.1, 0.15) is 5.76 Å². The van der Waals surface area contributed by atoms with Crippen molar-refractivity contribution in [3.05, 3.63) is 71.4 Å². The number of amides is 2. The molecule has 7 heteroatoms. The first kappa shape index (κ1) is 21.2. The minimum atomic E-state index is -0.377. The van der Waals surface area contributed by atoms with Crippen LogP contribution in [0, 0.1) is 12.8 Å². The zero-order valence-corrected chi connectivity index (χ0v) is 19.2. The molecule has 0 bridgehead atoms. The number of carbonyl (C=O) groups excluding carboxylic acids is 2. The van der Waals surface area contributed by atoms with Crippen LogP contribution in [0.2, 0.25) is 0 Å². The molecule has 5 rings (SSSR count). The molecule has 3 heterocycles. The summed E-state index contributed by atoms with van der Waals surface area (Å²) in [5.41, 5.74) is 10.2. The predicted octanol–water partition coefficient (Wildman–Crippen LogP) is 3.83. The Labute approximate surface area is 193 Å². The van der Waals surface area contributed by atoms with Crippen molar-refractivity contribution in [1.29, 1.82) is 0 Å². The number of rotatable bonds is 4. The number of aromatic nitrogens is 1. The maximum atomic E-state index is 13.6. The Bertz CT molecular complexity index is 1250. The molecular weight excluding hydrogens is 416 g/mol. The van der Waals surface area contributed by atoms with Crippen molar-refractivity contribution in [3.63, 3.8) is 0 Å². The fraction of sp³-hybridized carbons (Fsp3) is 0.346. The van der Waals surface area contributed by atoms with Crippen LogP contribution in [0.4, 0.5) is 17.1 Å². The second-order valence-electron chi connectivity index (χ2n) is 9.68. The van der Waals surface area contributed by atoms with Gasteiger partial charge in [-0.1, -0.05) is 32.0 Å². The molecule has 2 aromatic carbocycles. The molecule has 1 saturated heterocycles. The van der Waals surface area contributed by atoms with Crippen LogP contribution < -0.4 is 15.5 Å². The number of carbonyl (C=O) groups is 2. The van der Waals surface area contributed by atoms with Crippen molar-refractivity contribution >= 4 is 28.9 Å². The van der Waals surface area contributed by atoms with E-state index in [1.807, 2.05) is 36.1 Å². The quantitative estimate of drug-likeness (QED) is 0.618. The molecule has 2 aliphatic heterocycles. The van der Waals surface area contributed by atoms with Gasteiger partial charge in [0.05, 0.1) is 12.1 Å². The SMILES string of the molecule is Cc1ncc(Cc2ccc3c(c2)C(C)(C)CN3C(=O)C2CC(=O)N(c3cccc(N)c3)C2)o1. The first-order valence-electron chi connectivity index (χ1n) is 11.2. The molecule has 1 unspecified atom stereocenters. The molecule has 2 aliphatic rings. The van der Waals surface area contributed by atoms with Crippen LogP contribution in [0.5, 0.6) is 0 Å². The van der Waals surface area contributed by atoms with E-state index in [-0.39, 0.29) is 29.6 Å². The van der Waals surface area contributed by atoms with Gasteiger partial charge in [-0.2, -0.15) is 0 Å². The highest BCUT2D eigenvalue weighted by atomic mass is 16.3. The van der Waals surface area contributed by atoms with E-state index < -0.39 is 0 Å². The predicted molar refractivity (Wildman–Crippen MR) is 127 cm³/mol. The van der Waals surface area contributed by atoms with Gasteiger partial charge >= 0.3 is 0 Å². The topological polar surface area (TPSA) is 92.7 Å². The van der Waals surface area contributed by atoms with Crippen LogP contribution >= 0.6 is 0 Å². The zero-order valence-electron chi connectivity index (χ0n) is 19.2. The third-order valence-electron chi connectivity index (χ3n) is 6.60. The molecule has 0 aliphatic carbocycles. The van der Waals surface area contributed by atoms with E-state index in [0.29, 0.717) is 31.1 Å². The van der Waals surface area contributed by atoms with E-state index in [1.165, 1.54) is 0 Å². The largest absolute Gasteiger partial charge is 0.446 e. The van der Waals surface area contributed by atoms with Crippen LogP contribution in [-0.2, 0) is 21.4 Å². The summed E-state index contributed by atoms with van der Waals surface area (Å²) >= 11 is 0. The Morgan fingerprint density at radius 3 is 2.79 bits per heavy atom. The van der Waals surface area contributed by atoms with Gasteiger partial charge in [0.2, 0.25) is 11.8 Å². The fourth-order valence-electron chi connectivity index (χ4n) is 4.96. The van der Waals surface area contributed by atoms with Gasteiger partial charge in [-0.15, -0.1) is 0 Å². The van der Waals surface area contributed by atoms with E-state index in [0.717, 1.165) is 28.3 Å². The summed E-state index contributed by atoms with van der Waals surface area (Å²) in [5, 5.41) is 0. The number of nitrogens with two attached hydrogens (primary N) is 1. The number of nitrogen functional groups attached to an aromatic ring is 1. The molecule has 170 valence electrons. The minimum absolute atomic E-state index is 0.000174. The summed E-state index contributed by atoms with van der Waals surface area (Å²) < 4.78 is 5.63. The molecule has 7 nitrogen and oxygen atoms in total. The lowest BCUT2D eigenvalue weighted by Gasteiger charge is -2.23. The summed E-state index contributed by atoms with van der Waals surface area (Å²) in [5.74, 6) is 1.05. The number of hydrogen-bond donors (Lipinski definition) is 1. The smallest absolute Gasteiger partial charge is 0.232 e. The summed E-state index contributed by atoms with van der Waals surface area (Å²) in [4.78, 5) is 34.0. The highest BCUT2D eigenvalue weighted by Gasteiger charge is 2.43. The Morgan fingerprint density at radius 2 is 2.06 bits per heavy atom. The van der Waals surface area contributed by atoms with Crippen LogP contribution in [0.15, 0.2) is 53.1 Å². The van der Waals surface area contributed by atoms with Crippen LogP contribution in [0.1, 0.15) is 43.0 Å². The lowest BCUT2D eigenvalue weighted by Crippen LogP contribution is -2.39. The lowest BCUT2D eigenvalue weighted by atomic mass is 9.86. The summed E-state index contributed by atoms with van der Waals surface area (Å²) in [6.45, 7) is 7.10. The first-order valence-corrected chi connectivity index (χ1v) is 11.2. The van der Waals surface area contributed by atoms with Crippen molar-refractivity contribution in [2.24, 2.45) is 5.92 Å². The van der Waals surface area contributed by atoms with E-state index >= 15 is 0 Å². The second kappa shape index (κ2) is 7.76. The van der Waals surface area contributed by atoms with E-state index in [9.17, 15) is 9.59 Å². The third-order valence-corrected chi connectivity index (χ3v) is 6.60. The summed E-state index contributed by atoms with van der Waals surface area (Å²) in [6, 6.07) is 13.5. The molecule has 1 atom stereocenters. The number of oxazole rings is 1. The number of anilines is 3. The van der Waals surface area contributed by atoms with Gasteiger partial charge in [0.15, 0.2) is 5.89 Å². The molecule has 0 radical (unpaired) electrons. The Kier molecular flexibility index (Phi) is 5.00. The zero-order chi connectivity index (χ0) is 23.3. The van der Waals surface area contributed by atoms with Crippen molar-refractivity contribution in [3.8, 4) is 0 Å². The van der Waals surface area contributed by atoms with Gasteiger partial charge in [-0.3, -0.25) is 9.59 Å². The number of fused-ring (bicyclic) bond motifs is 1. The first-order chi connectivity index (χ1) is 15.7. The number of aryl methyl sites for hydroxylation is 1. The molecule has 1 aromatic heterocycles. The number of benzene rings is 2. The molecule has 2 N–H and O–H groups in total. The molecule has 3 aromatic rings. The fourth-order valence-corrected chi connectivity index (χ4v) is 4.96. The van der Waals surface area contributed by atoms with Gasteiger partial charge in [0, 0.05) is 55.3 Å². The van der Waals surface area contributed by atoms with Crippen molar-refractivity contribution in [2.75, 3.05) is 28.6 Å². The highest BCUT2D eigenvalue weighted by Crippen LogP contribution is 2.42. The second-order valence-corrected chi connectivity index (χ2v) is 9.68. The van der Waals surface area contributed by atoms with Gasteiger partial charge < -0.3 is 20.0 Å². The van der Waals surface area contributed by atoms with Crippen molar-refractivity contribution < 1.29 is 14.0 Å². The Balaban J connectivity index is 1.37. The Morgan fingerprint density at radius 1 is 1.24 bits per heavy atom. The average Bonchev–Trinajstić information content (AvgIpc) is 3.43. The minimum Gasteiger partial charge on any atom is -0.446 e. The van der Waals surface area contributed by atoms with Gasteiger partial charge in [-0.05, 0) is 35.4 Å². The molecular formula is C26H28N4O3. The van der Waals surface area contributed by atoms with Crippen LogP contribution in [-0.4, -0.2) is 29.9 Å². The van der Waals surface area contributed by atoms with Gasteiger partial charge in [-0.25, -0.2) is 4.98 Å². The third kappa shape index (κ3) is 3.88. The average molecular weight is 445 g/mol. The summed E-state index contributed by atoms with van der Waals surface area (Å²) in [6.07, 6.45) is 2.63. The van der Waals surface area contributed by atoms with Gasteiger partial charge in [0.25, 0.3) is 0 Å². The maximum absolute atomic E-state index is 13.6. The maximum Gasteiger partial charge on any atom is 0.232 e. The molecule has 1 fully saturated rings. The Hall–Kier alpha value is -3.61.